The zero-order chi connectivity index (χ0) is 15.2. The normalized spacial score (nSPS) is 21.2. The summed E-state index contributed by atoms with van der Waals surface area (Å²) in [6, 6.07) is 8.17. The Balaban J connectivity index is 1.58. The minimum Gasteiger partial charge on any atom is -0.278 e. The summed E-state index contributed by atoms with van der Waals surface area (Å²) in [5, 5.41) is 3.24. The molecule has 0 N–H and O–H groups in total. The lowest BCUT2D eigenvalue weighted by atomic mass is 9.76. The second-order valence-electron chi connectivity index (χ2n) is 6.69. The van der Waals surface area contributed by atoms with Crippen molar-refractivity contribution in [3.63, 3.8) is 0 Å². The van der Waals surface area contributed by atoms with Crippen LogP contribution in [0.1, 0.15) is 44.1 Å². The molecule has 0 bridgehead atoms. The number of rotatable bonds is 2. The third-order valence-corrected chi connectivity index (χ3v) is 6.22. The number of carbonyl (C=O) groups excluding carboxylic acids is 2. The first-order chi connectivity index (χ1) is 10.7. The molecule has 0 unspecified atom stereocenters. The summed E-state index contributed by atoms with van der Waals surface area (Å²) < 4.78 is 1.21. The van der Waals surface area contributed by atoms with E-state index in [0.717, 1.165) is 36.6 Å². The Hall–Kier alpha value is -1.68. The fourth-order valence-corrected chi connectivity index (χ4v) is 4.97. The van der Waals surface area contributed by atoms with Gasteiger partial charge >= 0.3 is 0 Å². The first-order valence-electron chi connectivity index (χ1n) is 7.95. The molecule has 2 amide bonds. The molecule has 0 radical (unpaired) electrons. The van der Waals surface area contributed by atoms with Crippen LogP contribution in [0.5, 0.6) is 0 Å². The van der Waals surface area contributed by atoms with Gasteiger partial charge in [0.05, 0.1) is 6.54 Å². The van der Waals surface area contributed by atoms with Crippen molar-refractivity contribution in [1.82, 2.24) is 4.90 Å². The van der Waals surface area contributed by atoms with Crippen molar-refractivity contribution in [2.24, 2.45) is 5.41 Å². The molecule has 114 valence electrons. The van der Waals surface area contributed by atoms with Gasteiger partial charge in [-0.25, -0.2) is 0 Å². The molecule has 3 nitrogen and oxygen atoms in total. The number of hydrogen-bond donors (Lipinski definition) is 0. The summed E-state index contributed by atoms with van der Waals surface area (Å²) in [5.41, 5.74) is 1.08. The smallest absolute Gasteiger partial charge is 0.230 e. The Bertz CT molecular complexity index is 722. The van der Waals surface area contributed by atoms with Crippen molar-refractivity contribution in [3.05, 3.63) is 35.2 Å². The molecular weight excluding hydrogens is 294 g/mol. The lowest BCUT2D eigenvalue weighted by molar-refractivity contribution is -0.154. The molecule has 1 saturated carbocycles. The van der Waals surface area contributed by atoms with E-state index in [4.69, 9.17) is 0 Å². The van der Waals surface area contributed by atoms with Crippen LogP contribution in [-0.2, 0) is 16.1 Å². The highest BCUT2D eigenvalue weighted by atomic mass is 32.1. The average Bonchev–Trinajstić information content (AvgIpc) is 3.10. The van der Waals surface area contributed by atoms with Crippen molar-refractivity contribution in [2.45, 2.75) is 45.1 Å². The standard InChI is InChI=1S/C18H19NO2S/c20-16-9-18(7-3-4-8-18)10-17(21)19(16)11-13-12-22-15-6-2-1-5-14(13)15/h1-2,5-6,12H,3-4,7-11H2. The quantitative estimate of drug-likeness (QED) is 0.782. The van der Waals surface area contributed by atoms with Gasteiger partial charge in [-0.05, 0) is 40.7 Å². The second-order valence-corrected chi connectivity index (χ2v) is 7.60. The van der Waals surface area contributed by atoms with Crippen molar-refractivity contribution >= 4 is 33.2 Å². The molecule has 4 heteroatoms. The highest BCUT2D eigenvalue weighted by molar-refractivity contribution is 7.17. The fraction of sp³-hybridized carbons (Fsp3) is 0.444. The lowest BCUT2D eigenvalue weighted by Gasteiger charge is -2.37. The van der Waals surface area contributed by atoms with E-state index in [1.54, 1.807) is 11.3 Å². The van der Waals surface area contributed by atoms with Gasteiger partial charge in [0.25, 0.3) is 0 Å². The number of hydrogen-bond acceptors (Lipinski definition) is 3. The van der Waals surface area contributed by atoms with Crippen LogP contribution in [0, 0.1) is 5.41 Å². The van der Waals surface area contributed by atoms with E-state index >= 15 is 0 Å². The molecule has 1 spiro atoms. The summed E-state index contributed by atoms with van der Waals surface area (Å²) in [6.45, 7) is 0.428. The Morgan fingerprint density at radius 1 is 1.05 bits per heavy atom. The summed E-state index contributed by atoms with van der Waals surface area (Å²) >= 11 is 1.67. The van der Waals surface area contributed by atoms with Crippen LogP contribution in [0.15, 0.2) is 29.6 Å². The van der Waals surface area contributed by atoms with Crippen LogP contribution in [0.2, 0.25) is 0 Å². The molecule has 1 saturated heterocycles. The molecule has 1 aliphatic heterocycles. The number of fused-ring (bicyclic) bond motifs is 1. The molecule has 0 atom stereocenters. The third-order valence-electron chi connectivity index (χ3n) is 5.21. The van der Waals surface area contributed by atoms with Gasteiger partial charge in [0, 0.05) is 17.5 Å². The van der Waals surface area contributed by atoms with Gasteiger partial charge in [-0.15, -0.1) is 11.3 Å². The molecule has 2 aliphatic rings. The van der Waals surface area contributed by atoms with Crippen LogP contribution in [-0.4, -0.2) is 16.7 Å². The van der Waals surface area contributed by atoms with Crippen molar-refractivity contribution < 1.29 is 9.59 Å². The van der Waals surface area contributed by atoms with Gasteiger partial charge in [0.1, 0.15) is 0 Å². The monoisotopic (exact) mass is 313 g/mol. The highest BCUT2D eigenvalue weighted by Gasteiger charge is 2.45. The van der Waals surface area contributed by atoms with Gasteiger partial charge in [-0.3, -0.25) is 14.5 Å². The van der Waals surface area contributed by atoms with E-state index in [-0.39, 0.29) is 17.2 Å². The maximum Gasteiger partial charge on any atom is 0.230 e. The maximum absolute atomic E-state index is 12.5. The Morgan fingerprint density at radius 3 is 2.45 bits per heavy atom. The first-order valence-corrected chi connectivity index (χ1v) is 8.83. The van der Waals surface area contributed by atoms with Crippen LogP contribution in [0.25, 0.3) is 10.1 Å². The van der Waals surface area contributed by atoms with Crippen molar-refractivity contribution in [2.75, 3.05) is 0 Å². The van der Waals surface area contributed by atoms with E-state index < -0.39 is 0 Å². The highest BCUT2D eigenvalue weighted by Crippen LogP contribution is 2.47. The van der Waals surface area contributed by atoms with Gasteiger partial charge < -0.3 is 0 Å². The largest absolute Gasteiger partial charge is 0.278 e. The van der Waals surface area contributed by atoms with E-state index in [9.17, 15) is 9.59 Å². The van der Waals surface area contributed by atoms with E-state index in [1.165, 1.54) is 9.60 Å². The Morgan fingerprint density at radius 2 is 1.73 bits per heavy atom. The van der Waals surface area contributed by atoms with E-state index in [2.05, 4.69) is 17.5 Å². The molecule has 2 fully saturated rings. The molecule has 1 aliphatic carbocycles. The number of nitrogens with zero attached hydrogens (tertiary/aromatic N) is 1. The summed E-state index contributed by atoms with van der Waals surface area (Å²) in [7, 11) is 0. The number of benzene rings is 1. The Kier molecular flexibility index (Phi) is 3.30. The Labute approximate surface area is 133 Å². The van der Waals surface area contributed by atoms with Crippen molar-refractivity contribution in [1.29, 1.82) is 0 Å². The van der Waals surface area contributed by atoms with Crippen LogP contribution >= 0.6 is 11.3 Å². The predicted octanol–water partition coefficient (Wildman–Crippen LogP) is 4.11. The van der Waals surface area contributed by atoms with Crippen LogP contribution < -0.4 is 0 Å². The van der Waals surface area contributed by atoms with E-state index in [0.29, 0.717) is 19.4 Å². The third kappa shape index (κ3) is 2.26. The predicted molar refractivity (Wildman–Crippen MR) is 87.5 cm³/mol. The molecule has 1 aromatic heterocycles. The summed E-state index contributed by atoms with van der Waals surface area (Å²) in [4.78, 5) is 26.6. The number of carbonyl (C=O) groups is 2. The van der Waals surface area contributed by atoms with Gasteiger partial charge in [-0.1, -0.05) is 31.0 Å². The summed E-state index contributed by atoms with van der Waals surface area (Å²) in [5.74, 6) is 0.0434. The number of amides is 2. The molecule has 4 rings (SSSR count). The summed E-state index contributed by atoms with van der Waals surface area (Å²) in [6.07, 6.45) is 5.52. The topological polar surface area (TPSA) is 37.4 Å². The zero-order valence-electron chi connectivity index (χ0n) is 12.5. The minimum absolute atomic E-state index is 0.0125. The number of imide groups is 1. The van der Waals surface area contributed by atoms with Crippen molar-refractivity contribution in [3.8, 4) is 0 Å². The zero-order valence-corrected chi connectivity index (χ0v) is 13.3. The fourth-order valence-electron chi connectivity index (χ4n) is 4.01. The van der Waals surface area contributed by atoms with Crippen LogP contribution in [0.4, 0.5) is 0 Å². The second kappa shape index (κ2) is 5.20. The average molecular weight is 313 g/mol. The lowest BCUT2D eigenvalue weighted by Crippen LogP contribution is -2.46. The molecule has 1 aromatic carbocycles. The molecule has 2 aromatic rings. The number of thiophene rings is 1. The number of piperidine rings is 1. The first kappa shape index (κ1) is 13.9. The SMILES string of the molecule is O=C1CC2(CCCC2)CC(=O)N1Cc1csc2ccccc12. The van der Waals surface area contributed by atoms with Gasteiger partial charge in [0.2, 0.25) is 11.8 Å². The van der Waals surface area contributed by atoms with E-state index in [1.807, 2.05) is 12.1 Å². The molecule has 2 heterocycles. The van der Waals surface area contributed by atoms with Crippen LogP contribution in [0.3, 0.4) is 0 Å². The minimum atomic E-state index is -0.0125. The molecule has 22 heavy (non-hydrogen) atoms. The van der Waals surface area contributed by atoms with Gasteiger partial charge in [0.15, 0.2) is 0 Å². The molecular formula is C18H19NO2S. The van der Waals surface area contributed by atoms with Gasteiger partial charge in [-0.2, -0.15) is 0 Å². The number of likely N-dealkylation sites (tertiary alicyclic amines) is 1. The maximum atomic E-state index is 12.5.